The van der Waals surface area contributed by atoms with Crippen LogP contribution in [0.15, 0.2) is 172 Å². The van der Waals surface area contributed by atoms with Crippen molar-refractivity contribution in [3.05, 3.63) is 189 Å². The smallest absolute Gasteiger partial charge is 0.160 e. The third-order valence-electron chi connectivity index (χ3n) is 9.22. The number of hydrogen-bond donors (Lipinski definition) is 0. The number of rotatable bonds is 9. The molecule has 0 fully saturated rings. The zero-order valence-electron chi connectivity index (χ0n) is 27.6. The van der Waals surface area contributed by atoms with Crippen molar-refractivity contribution in [2.75, 3.05) is 0 Å². The van der Waals surface area contributed by atoms with Crippen molar-refractivity contribution in [1.29, 1.82) is 0 Å². The molecule has 3 heterocycles. The molecule has 0 saturated heterocycles. The Hall–Kier alpha value is -6.78. The second kappa shape index (κ2) is 12.7. The Morgan fingerprint density at radius 1 is 0.560 bits per heavy atom. The highest BCUT2D eigenvalue weighted by Gasteiger charge is 2.23. The van der Waals surface area contributed by atoms with Gasteiger partial charge in [0.1, 0.15) is 5.52 Å². The third kappa shape index (κ3) is 4.94. The Kier molecular flexibility index (Phi) is 7.75. The summed E-state index contributed by atoms with van der Waals surface area (Å²) in [7, 11) is 0. The summed E-state index contributed by atoms with van der Waals surface area (Å²) >= 11 is 0. The molecule has 3 aromatic heterocycles. The summed E-state index contributed by atoms with van der Waals surface area (Å²) in [5, 5.41) is 2.10. The van der Waals surface area contributed by atoms with Gasteiger partial charge in [-0.25, -0.2) is 9.97 Å². The molecule has 50 heavy (non-hydrogen) atoms. The highest BCUT2D eigenvalue weighted by Crippen LogP contribution is 2.40. The Morgan fingerprint density at radius 2 is 1.26 bits per heavy atom. The van der Waals surface area contributed by atoms with Crippen molar-refractivity contribution in [2.45, 2.75) is 0 Å². The number of nitrogens with zero attached hydrogens (tertiary/aromatic N) is 4. The lowest BCUT2D eigenvalue weighted by Crippen LogP contribution is -2.01. The van der Waals surface area contributed by atoms with Crippen LogP contribution in [0.5, 0.6) is 0 Å². The van der Waals surface area contributed by atoms with Crippen molar-refractivity contribution in [1.82, 2.24) is 19.1 Å². The molecular weight excluding hydrogens is 609 g/mol. The van der Waals surface area contributed by atoms with Crippen LogP contribution in [-0.2, 0) is 0 Å². The summed E-state index contributed by atoms with van der Waals surface area (Å²) in [6.45, 7) is 16.5. The van der Waals surface area contributed by atoms with Gasteiger partial charge in [0.25, 0.3) is 0 Å². The number of allylic oxidation sites excluding steroid dienone is 4. The summed E-state index contributed by atoms with van der Waals surface area (Å²) in [6.07, 6.45) is 9.25. The quantitative estimate of drug-likeness (QED) is 0.147. The fourth-order valence-corrected chi connectivity index (χ4v) is 7.01. The SMILES string of the molecule is C=CC=C(C=C)c1nc(-c2ccc3c(c2)c(C=C)c(C=C)n3-c2cccc(-c3ccccc3)c2)c2c(n1)c1ccccc1n2-c1ccccc1. The molecule has 8 aromatic rings. The van der Waals surface area contributed by atoms with Crippen LogP contribution in [0.1, 0.15) is 17.1 Å². The first-order valence-corrected chi connectivity index (χ1v) is 16.6. The third-order valence-corrected chi connectivity index (χ3v) is 9.22. The summed E-state index contributed by atoms with van der Waals surface area (Å²) in [5.41, 5.74) is 12.9. The molecule has 0 N–H and O–H groups in total. The van der Waals surface area contributed by atoms with E-state index in [-0.39, 0.29) is 0 Å². The Bertz CT molecular complexity index is 2650. The van der Waals surface area contributed by atoms with Crippen LogP contribution in [-0.4, -0.2) is 19.1 Å². The lowest BCUT2D eigenvalue weighted by molar-refractivity contribution is 1.11. The van der Waals surface area contributed by atoms with Gasteiger partial charge < -0.3 is 9.13 Å². The molecule has 0 spiro atoms. The second-order valence-electron chi connectivity index (χ2n) is 12.0. The molecule has 0 radical (unpaired) electrons. The van der Waals surface area contributed by atoms with Gasteiger partial charge in [0, 0.05) is 38.8 Å². The minimum Gasteiger partial charge on any atom is -0.309 e. The minimum atomic E-state index is 0.587. The van der Waals surface area contributed by atoms with Gasteiger partial charge in [-0.2, -0.15) is 0 Å². The molecule has 0 aliphatic rings. The summed E-state index contributed by atoms with van der Waals surface area (Å²) in [4.78, 5) is 10.5. The van der Waals surface area contributed by atoms with E-state index in [4.69, 9.17) is 9.97 Å². The molecule has 0 aliphatic carbocycles. The molecule has 0 atom stereocenters. The van der Waals surface area contributed by atoms with E-state index in [1.54, 1.807) is 12.2 Å². The first-order valence-electron chi connectivity index (χ1n) is 16.6. The highest BCUT2D eigenvalue weighted by molar-refractivity contribution is 6.12. The van der Waals surface area contributed by atoms with Crippen molar-refractivity contribution in [2.24, 2.45) is 0 Å². The summed E-state index contributed by atoms with van der Waals surface area (Å²) in [6, 6.07) is 44.4. The van der Waals surface area contributed by atoms with E-state index in [1.165, 1.54) is 5.56 Å². The largest absolute Gasteiger partial charge is 0.309 e. The van der Waals surface area contributed by atoms with E-state index < -0.39 is 0 Å². The van der Waals surface area contributed by atoms with Gasteiger partial charge in [-0.15, -0.1) is 0 Å². The lowest BCUT2D eigenvalue weighted by Gasteiger charge is -2.13. The number of para-hydroxylation sites is 2. The Balaban J connectivity index is 1.44. The molecule has 0 aliphatic heterocycles. The van der Waals surface area contributed by atoms with Crippen LogP contribution in [0.3, 0.4) is 0 Å². The average molecular weight is 643 g/mol. The van der Waals surface area contributed by atoms with Crippen molar-refractivity contribution >= 4 is 50.6 Å². The zero-order valence-corrected chi connectivity index (χ0v) is 27.6. The number of hydrogen-bond acceptors (Lipinski definition) is 2. The Labute approximate surface area is 291 Å². The molecule has 0 unspecified atom stereocenters. The summed E-state index contributed by atoms with van der Waals surface area (Å²) in [5.74, 6) is 0.587. The molecule has 0 saturated carbocycles. The molecular formula is C46H34N4. The van der Waals surface area contributed by atoms with Gasteiger partial charge in [-0.05, 0) is 59.7 Å². The maximum Gasteiger partial charge on any atom is 0.160 e. The molecule has 4 nitrogen and oxygen atoms in total. The van der Waals surface area contributed by atoms with Crippen molar-refractivity contribution in [3.8, 4) is 33.8 Å². The number of aromatic nitrogens is 4. The first kappa shape index (κ1) is 30.5. The van der Waals surface area contributed by atoms with Crippen LogP contribution in [0.25, 0.3) is 84.3 Å². The monoisotopic (exact) mass is 642 g/mol. The van der Waals surface area contributed by atoms with Gasteiger partial charge in [-0.3, -0.25) is 0 Å². The van der Waals surface area contributed by atoms with Gasteiger partial charge in [-0.1, -0.05) is 136 Å². The van der Waals surface area contributed by atoms with E-state index in [9.17, 15) is 0 Å². The van der Waals surface area contributed by atoms with Crippen molar-refractivity contribution < 1.29 is 0 Å². The van der Waals surface area contributed by atoms with E-state index >= 15 is 0 Å². The molecule has 8 rings (SSSR count). The standard InChI is InChI=1S/C46H34N4/c1-5-18-31(6-2)46-47-43(45-44(48-46)38-25-15-16-26-41(38)50(45)35-22-13-10-14-23-35)34-27-28-42-39(30-34)37(7-3)40(8-4)49(42)36-24-17-21-33(29-36)32-19-11-9-12-20-32/h5-30H,1-4H2. The summed E-state index contributed by atoms with van der Waals surface area (Å²) < 4.78 is 4.53. The molecule has 4 heteroatoms. The van der Waals surface area contributed by atoms with Crippen molar-refractivity contribution in [3.63, 3.8) is 0 Å². The van der Waals surface area contributed by atoms with E-state index in [1.807, 2.05) is 30.4 Å². The van der Waals surface area contributed by atoms with Crippen LogP contribution < -0.4 is 0 Å². The lowest BCUT2D eigenvalue weighted by atomic mass is 10.0. The van der Waals surface area contributed by atoms with Crippen LogP contribution in [0.4, 0.5) is 0 Å². The van der Waals surface area contributed by atoms with Crippen LogP contribution >= 0.6 is 0 Å². The van der Waals surface area contributed by atoms with Crippen LogP contribution in [0.2, 0.25) is 0 Å². The van der Waals surface area contributed by atoms with E-state index in [2.05, 4.69) is 151 Å². The molecule has 0 amide bonds. The van der Waals surface area contributed by atoms with E-state index in [0.717, 1.165) is 77.9 Å². The predicted molar refractivity (Wildman–Crippen MR) is 213 cm³/mol. The van der Waals surface area contributed by atoms with E-state index in [0.29, 0.717) is 5.82 Å². The van der Waals surface area contributed by atoms with Gasteiger partial charge in [0.15, 0.2) is 5.82 Å². The minimum absolute atomic E-state index is 0.587. The fourth-order valence-electron chi connectivity index (χ4n) is 7.01. The second-order valence-corrected chi connectivity index (χ2v) is 12.0. The topological polar surface area (TPSA) is 35.6 Å². The maximum atomic E-state index is 5.29. The number of fused-ring (bicyclic) bond motifs is 4. The molecule has 5 aromatic carbocycles. The molecule has 0 bridgehead atoms. The average Bonchev–Trinajstić information content (AvgIpc) is 3.69. The zero-order chi connectivity index (χ0) is 34.2. The maximum absolute atomic E-state index is 5.29. The molecule has 238 valence electrons. The normalized spacial score (nSPS) is 11.6. The number of benzene rings is 5. The van der Waals surface area contributed by atoms with Crippen LogP contribution in [0, 0.1) is 0 Å². The first-order chi connectivity index (χ1) is 24.6. The van der Waals surface area contributed by atoms with Gasteiger partial charge in [0.2, 0.25) is 0 Å². The predicted octanol–water partition coefficient (Wildman–Crippen LogP) is 11.9. The van der Waals surface area contributed by atoms with Gasteiger partial charge >= 0.3 is 0 Å². The van der Waals surface area contributed by atoms with Gasteiger partial charge in [0.05, 0.1) is 27.9 Å². The highest BCUT2D eigenvalue weighted by atomic mass is 15.0. The fraction of sp³-hybridized carbons (Fsp3) is 0. The Morgan fingerprint density at radius 3 is 2.00 bits per heavy atom.